The first-order chi connectivity index (χ1) is 6.19. The van der Waals surface area contributed by atoms with Gasteiger partial charge in [-0.05, 0) is 18.1 Å². The number of ketones is 1. The quantitative estimate of drug-likeness (QED) is 0.601. The lowest BCUT2D eigenvalue weighted by Gasteiger charge is -2.02. The highest BCUT2D eigenvalue weighted by Crippen LogP contribution is 2.18. The third-order valence-electron chi connectivity index (χ3n) is 1.88. The summed E-state index contributed by atoms with van der Waals surface area (Å²) in [5, 5.41) is 1.02. The van der Waals surface area contributed by atoms with Gasteiger partial charge in [-0.3, -0.25) is 4.79 Å². The summed E-state index contributed by atoms with van der Waals surface area (Å²) in [6.45, 7) is 2.03. The Morgan fingerprint density at radius 3 is 2.69 bits per heavy atom. The molecule has 0 atom stereocenters. The number of carbonyl (C=O) groups excluding carboxylic acids is 1. The van der Waals surface area contributed by atoms with Crippen LogP contribution in [0.4, 0.5) is 0 Å². The normalized spacial score (nSPS) is 10.1. The van der Waals surface area contributed by atoms with Gasteiger partial charge in [-0.1, -0.05) is 46.6 Å². The van der Waals surface area contributed by atoms with Crippen molar-refractivity contribution in [1.29, 1.82) is 0 Å². The minimum atomic E-state index is 0.0598. The summed E-state index contributed by atoms with van der Waals surface area (Å²) >= 11 is 9.08. The Balaban J connectivity index is 3.02. The van der Waals surface area contributed by atoms with E-state index in [9.17, 15) is 4.79 Å². The van der Waals surface area contributed by atoms with Crippen LogP contribution in [0.3, 0.4) is 0 Å². The molecule has 0 N–H and O–H groups in total. The molecule has 0 aliphatic carbocycles. The first-order valence-corrected chi connectivity index (χ1v) is 5.56. The molecule has 0 aromatic heterocycles. The molecule has 0 unspecified atom stereocenters. The average molecular weight is 262 g/mol. The number of carbonyl (C=O) groups is 1. The predicted molar refractivity (Wildman–Crippen MR) is 59.0 cm³/mol. The van der Waals surface area contributed by atoms with Crippen LogP contribution in [0.15, 0.2) is 18.2 Å². The van der Waals surface area contributed by atoms with Crippen molar-refractivity contribution < 1.29 is 4.79 Å². The number of halogens is 2. The Labute approximate surface area is 91.2 Å². The molecule has 0 aliphatic heterocycles. The van der Waals surface area contributed by atoms with Crippen LogP contribution >= 0.6 is 27.5 Å². The molecule has 0 amide bonds. The van der Waals surface area contributed by atoms with E-state index in [-0.39, 0.29) is 5.78 Å². The van der Waals surface area contributed by atoms with E-state index in [1.807, 2.05) is 19.1 Å². The van der Waals surface area contributed by atoms with Crippen LogP contribution in [0, 0.1) is 0 Å². The summed E-state index contributed by atoms with van der Waals surface area (Å²) < 4.78 is 0. The van der Waals surface area contributed by atoms with Crippen molar-refractivity contribution in [2.24, 2.45) is 0 Å². The molecule has 1 rings (SSSR count). The second kappa shape index (κ2) is 4.77. The molecular formula is C10H10BrClO. The smallest absolute Gasteiger partial charge is 0.173 e. The third-order valence-corrected chi connectivity index (χ3v) is 2.74. The first-order valence-electron chi connectivity index (χ1n) is 4.06. The van der Waals surface area contributed by atoms with Crippen LogP contribution in [0.25, 0.3) is 0 Å². The van der Waals surface area contributed by atoms with Crippen molar-refractivity contribution >= 4 is 33.3 Å². The molecule has 0 aliphatic rings. The maximum absolute atomic E-state index is 11.3. The van der Waals surface area contributed by atoms with Gasteiger partial charge >= 0.3 is 0 Å². The number of rotatable bonds is 3. The molecule has 1 aromatic carbocycles. The Morgan fingerprint density at radius 1 is 1.54 bits per heavy atom. The Bertz CT molecular complexity index is 323. The molecule has 0 fully saturated rings. The summed E-state index contributed by atoms with van der Waals surface area (Å²) in [7, 11) is 0. The van der Waals surface area contributed by atoms with Crippen LogP contribution in [-0.4, -0.2) is 11.1 Å². The van der Waals surface area contributed by atoms with Crippen molar-refractivity contribution in [2.45, 2.75) is 13.3 Å². The zero-order valence-electron chi connectivity index (χ0n) is 7.31. The first kappa shape index (κ1) is 10.7. The van der Waals surface area contributed by atoms with Gasteiger partial charge in [-0.25, -0.2) is 0 Å². The molecular weight excluding hydrogens is 251 g/mol. The minimum absolute atomic E-state index is 0.0598. The van der Waals surface area contributed by atoms with E-state index in [0.717, 1.165) is 12.0 Å². The largest absolute Gasteiger partial charge is 0.293 e. The zero-order valence-corrected chi connectivity index (χ0v) is 9.65. The number of hydrogen-bond acceptors (Lipinski definition) is 1. The van der Waals surface area contributed by atoms with Gasteiger partial charge in [0.2, 0.25) is 0 Å². The molecule has 13 heavy (non-hydrogen) atoms. The number of Topliss-reactive ketones (excluding diaryl/α,β-unsaturated/α-hetero) is 1. The Kier molecular flexibility index (Phi) is 3.94. The van der Waals surface area contributed by atoms with Crippen molar-refractivity contribution in [2.75, 3.05) is 5.33 Å². The highest BCUT2D eigenvalue weighted by Gasteiger charge is 2.05. The number of alkyl halides is 1. The van der Waals surface area contributed by atoms with Crippen molar-refractivity contribution in [1.82, 2.24) is 0 Å². The van der Waals surface area contributed by atoms with E-state index < -0.39 is 0 Å². The highest BCUT2D eigenvalue weighted by molar-refractivity contribution is 9.09. The van der Waals surface area contributed by atoms with Gasteiger partial charge < -0.3 is 0 Å². The van der Waals surface area contributed by atoms with Gasteiger partial charge in [-0.15, -0.1) is 0 Å². The van der Waals surface area contributed by atoms with Crippen LogP contribution in [0.2, 0.25) is 5.02 Å². The molecule has 3 heteroatoms. The molecule has 1 nitrogen and oxygen atoms in total. The summed E-state index contributed by atoms with van der Waals surface area (Å²) in [4.78, 5) is 11.3. The number of aryl methyl sites for hydroxylation is 1. The summed E-state index contributed by atoms with van der Waals surface area (Å²) in [5.41, 5.74) is 1.74. The fourth-order valence-electron chi connectivity index (χ4n) is 1.08. The molecule has 0 spiro atoms. The van der Waals surface area contributed by atoms with Gasteiger partial charge in [0.15, 0.2) is 5.78 Å². The van der Waals surface area contributed by atoms with Gasteiger partial charge in [0.05, 0.1) is 5.33 Å². The van der Waals surface area contributed by atoms with Crippen LogP contribution in [0.1, 0.15) is 22.8 Å². The number of hydrogen-bond donors (Lipinski definition) is 0. The van der Waals surface area contributed by atoms with Crippen LogP contribution in [0.5, 0.6) is 0 Å². The number of benzene rings is 1. The predicted octanol–water partition coefficient (Wildman–Crippen LogP) is 3.48. The molecule has 0 saturated heterocycles. The van der Waals surface area contributed by atoms with E-state index in [4.69, 9.17) is 11.6 Å². The zero-order chi connectivity index (χ0) is 9.84. The van der Waals surface area contributed by atoms with Crippen molar-refractivity contribution in [3.63, 3.8) is 0 Å². The van der Waals surface area contributed by atoms with E-state index in [1.54, 1.807) is 6.07 Å². The summed E-state index contributed by atoms with van der Waals surface area (Å²) in [6, 6.07) is 5.44. The van der Waals surface area contributed by atoms with E-state index in [0.29, 0.717) is 15.9 Å². The lowest BCUT2D eigenvalue weighted by atomic mass is 10.1. The SMILES string of the molecule is CCc1ccc(C(=O)CBr)cc1Cl. The Hall–Kier alpha value is -0.340. The molecule has 0 saturated carbocycles. The third kappa shape index (κ3) is 2.55. The van der Waals surface area contributed by atoms with Crippen LogP contribution < -0.4 is 0 Å². The monoisotopic (exact) mass is 260 g/mol. The highest BCUT2D eigenvalue weighted by atomic mass is 79.9. The second-order valence-corrected chi connectivity index (χ2v) is 3.68. The summed E-state index contributed by atoms with van der Waals surface area (Å²) in [6.07, 6.45) is 0.890. The fraction of sp³-hybridized carbons (Fsp3) is 0.300. The Morgan fingerprint density at radius 2 is 2.23 bits per heavy atom. The molecule has 0 bridgehead atoms. The van der Waals surface area contributed by atoms with Gasteiger partial charge in [0, 0.05) is 10.6 Å². The molecule has 1 aromatic rings. The second-order valence-electron chi connectivity index (χ2n) is 2.72. The standard InChI is InChI=1S/C10H10BrClO/c1-2-7-3-4-8(5-9(7)12)10(13)6-11/h3-5H,2,6H2,1H3. The van der Waals surface area contributed by atoms with Crippen molar-refractivity contribution in [3.8, 4) is 0 Å². The van der Waals surface area contributed by atoms with Crippen molar-refractivity contribution in [3.05, 3.63) is 34.3 Å². The average Bonchev–Trinajstić information content (AvgIpc) is 2.16. The van der Waals surface area contributed by atoms with E-state index >= 15 is 0 Å². The van der Waals surface area contributed by atoms with E-state index in [2.05, 4.69) is 15.9 Å². The summed E-state index contributed by atoms with van der Waals surface area (Å²) in [5.74, 6) is 0.0598. The maximum atomic E-state index is 11.3. The van der Waals surface area contributed by atoms with Gasteiger partial charge in [0.25, 0.3) is 0 Å². The molecule has 70 valence electrons. The molecule has 0 heterocycles. The maximum Gasteiger partial charge on any atom is 0.173 e. The molecule has 0 radical (unpaired) electrons. The fourth-order valence-corrected chi connectivity index (χ4v) is 1.72. The van der Waals surface area contributed by atoms with Crippen LogP contribution in [-0.2, 0) is 6.42 Å². The lowest BCUT2D eigenvalue weighted by molar-refractivity contribution is 0.102. The topological polar surface area (TPSA) is 17.1 Å². The van der Waals surface area contributed by atoms with Gasteiger partial charge in [0.1, 0.15) is 0 Å². The van der Waals surface area contributed by atoms with E-state index in [1.165, 1.54) is 0 Å². The lowest BCUT2D eigenvalue weighted by Crippen LogP contribution is -2.00. The van der Waals surface area contributed by atoms with Gasteiger partial charge in [-0.2, -0.15) is 0 Å². The minimum Gasteiger partial charge on any atom is -0.293 e.